The van der Waals surface area contributed by atoms with Gasteiger partial charge in [0.05, 0.1) is 12.1 Å². The molecule has 0 radical (unpaired) electrons. The molecular formula is C32H29NO. The average molecular weight is 444 g/mol. The molecule has 2 heteroatoms. The van der Waals surface area contributed by atoms with Crippen molar-refractivity contribution in [3.05, 3.63) is 126 Å². The van der Waals surface area contributed by atoms with Crippen LogP contribution in [-0.4, -0.2) is 22.1 Å². The average Bonchev–Trinajstić information content (AvgIpc) is 3.28. The largest absolute Gasteiger partial charge is 0.508 e. The molecule has 2 nitrogen and oxygen atoms in total. The van der Waals surface area contributed by atoms with Crippen molar-refractivity contribution in [1.82, 2.24) is 4.90 Å². The summed E-state index contributed by atoms with van der Waals surface area (Å²) >= 11 is 0. The van der Waals surface area contributed by atoms with E-state index < -0.39 is 0 Å². The van der Waals surface area contributed by atoms with E-state index in [1.165, 1.54) is 0 Å². The van der Waals surface area contributed by atoms with Crippen LogP contribution in [0.25, 0.3) is 10.8 Å². The highest BCUT2D eigenvalue weighted by atomic mass is 16.3. The molecule has 3 atom stereocenters. The molecule has 4 aromatic rings. The van der Waals surface area contributed by atoms with E-state index in [4.69, 9.17) is 0 Å². The summed E-state index contributed by atoms with van der Waals surface area (Å²) in [6, 6.07) is 33.1. The third kappa shape index (κ3) is 4.36. The van der Waals surface area contributed by atoms with E-state index in [0.29, 0.717) is 11.8 Å². The number of phenols is 1. The summed E-state index contributed by atoms with van der Waals surface area (Å²) in [6.07, 6.45) is 4.94. The van der Waals surface area contributed by atoms with Crippen molar-refractivity contribution in [3.63, 3.8) is 0 Å². The molecule has 1 aliphatic rings. The standard InChI is InChI=1S/C32H29NO/c1-2-11-27-21-22-28(20-18-24-12-5-3-6-13-24)33(27)32(26-15-7-4-8-16-26)31-29-17-10-9-14-25(29)19-23-30(31)34/h2-10,12-17,19,23,27-28,32,34H,1,11,21-22H2/t27-,28+,32+/m1/s1. The van der Waals surface area contributed by atoms with Crippen LogP contribution < -0.4 is 0 Å². The second kappa shape index (κ2) is 10.00. The first-order chi connectivity index (χ1) is 16.8. The highest BCUT2D eigenvalue weighted by molar-refractivity contribution is 5.88. The second-order valence-corrected chi connectivity index (χ2v) is 8.89. The highest BCUT2D eigenvalue weighted by Crippen LogP contribution is 2.44. The Hall–Kier alpha value is -3.80. The Labute approximate surface area is 202 Å². The monoisotopic (exact) mass is 443 g/mol. The molecule has 34 heavy (non-hydrogen) atoms. The predicted octanol–water partition coefficient (Wildman–Crippen LogP) is 7.10. The third-order valence-corrected chi connectivity index (χ3v) is 6.79. The normalized spacial score (nSPS) is 18.8. The molecule has 1 fully saturated rings. The van der Waals surface area contributed by atoms with Gasteiger partial charge in [-0.3, -0.25) is 4.90 Å². The van der Waals surface area contributed by atoms with Crippen molar-refractivity contribution in [3.8, 4) is 17.6 Å². The fraction of sp³-hybridized carbons (Fsp3) is 0.188. The maximum absolute atomic E-state index is 11.2. The SMILES string of the molecule is C=CC[C@@H]1CC[C@H](C#Cc2ccccc2)N1[C@@H](c1ccccc1)c1c(O)ccc2ccccc12. The molecule has 0 aromatic heterocycles. The van der Waals surface area contributed by atoms with Gasteiger partial charge < -0.3 is 5.11 Å². The van der Waals surface area contributed by atoms with E-state index >= 15 is 0 Å². The molecule has 4 aromatic carbocycles. The summed E-state index contributed by atoms with van der Waals surface area (Å²) in [7, 11) is 0. The molecule has 168 valence electrons. The topological polar surface area (TPSA) is 23.5 Å². The Morgan fingerprint density at radius 2 is 1.59 bits per heavy atom. The van der Waals surface area contributed by atoms with Gasteiger partial charge in [0, 0.05) is 17.2 Å². The van der Waals surface area contributed by atoms with E-state index in [0.717, 1.165) is 46.7 Å². The number of aromatic hydroxyl groups is 1. The van der Waals surface area contributed by atoms with Gasteiger partial charge in [0.25, 0.3) is 0 Å². The van der Waals surface area contributed by atoms with Crippen molar-refractivity contribution >= 4 is 10.8 Å². The maximum atomic E-state index is 11.2. The van der Waals surface area contributed by atoms with Gasteiger partial charge in [-0.1, -0.05) is 96.8 Å². The first-order valence-corrected chi connectivity index (χ1v) is 12.0. The minimum absolute atomic E-state index is 0.0775. The molecule has 1 N–H and O–H groups in total. The van der Waals surface area contributed by atoms with Crippen molar-refractivity contribution in [1.29, 1.82) is 0 Å². The van der Waals surface area contributed by atoms with Crippen LogP contribution in [0.2, 0.25) is 0 Å². The van der Waals surface area contributed by atoms with Gasteiger partial charge in [0.2, 0.25) is 0 Å². The summed E-state index contributed by atoms with van der Waals surface area (Å²) in [6.45, 7) is 4.04. The van der Waals surface area contributed by atoms with Gasteiger partial charge in [0.1, 0.15) is 5.75 Å². The Morgan fingerprint density at radius 3 is 2.35 bits per heavy atom. The van der Waals surface area contributed by atoms with E-state index in [9.17, 15) is 5.11 Å². The lowest BCUT2D eigenvalue weighted by atomic mass is 9.90. The zero-order valence-electron chi connectivity index (χ0n) is 19.3. The molecule has 0 aliphatic carbocycles. The van der Waals surface area contributed by atoms with Crippen molar-refractivity contribution < 1.29 is 5.11 Å². The van der Waals surface area contributed by atoms with E-state index in [-0.39, 0.29) is 12.1 Å². The van der Waals surface area contributed by atoms with Gasteiger partial charge in [0.15, 0.2) is 0 Å². The van der Waals surface area contributed by atoms with Crippen LogP contribution in [0.15, 0.2) is 110 Å². The van der Waals surface area contributed by atoms with Gasteiger partial charge in [-0.25, -0.2) is 0 Å². The molecule has 1 saturated heterocycles. The number of hydrogen-bond donors (Lipinski definition) is 1. The van der Waals surface area contributed by atoms with Gasteiger partial charge in [-0.2, -0.15) is 0 Å². The minimum Gasteiger partial charge on any atom is -0.508 e. The van der Waals surface area contributed by atoms with Crippen molar-refractivity contribution in [2.24, 2.45) is 0 Å². The van der Waals surface area contributed by atoms with Gasteiger partial charge in [-0.05, 0) is 53.8 Å². The Balaban J connectivity index is 1.69. The van der Waals surface area contributed by atoms with Crippen LogP contribution >= 0.6 is 0 Å². The fourth-order valence-corrected chi connectivity index (χ4v) is 5.26. The number of benzene rings is 4. The molecular weight excluding hydrogens is 414 g/mol. The lowest BCUT2D eigenvalue weighted by molar-refractivity contribution is 0.177. The molecule has 0 bridgehead atoms. The number of fused-ring (bicyclic) bond motifs is 1. The summed E-state index contributed by atoms with van der Waals surface area (Å²) < 4.78 is 0. The lowest BCUT2D eigenvalue weighted by Gasteiger charge is -2.37. The molecule has 0 unspecified atom stereocenters. The molecule has 0 amide bonds. The minimum atomic E-state index is -0.116. The number of likely N-dealkylation sites (tertiary alicyclic amines) is 1. The second-order valence-electron chi connectivity index (χ2n) is 8.89. The zero-order valence-corrected chi connectivity index (χ0v) is 19.3. The summed E-state index contributed by atoms with van der Waals surface area (Å²) in [5.41, 5.74) is 3.14. The van der Waals surface area contributed by atoms with Crippen LogP contribution in [0.3, 0.4) is 0 Å². The summed E-state index contributed by atoms with van der Waals surface area (Å²) in [5, 5.41) is 13.4. The summed E-state index contributed by atoms with van der Waals surface area (Å²) in [4.78, 5) is 2.52. The predicted molar refractivity (Wildman–Crippen MR) is 141 cm³/mol. The van der Waals surface area contributed by atoms with Crippen LogP contribution in [0.4, 0.5) is 0 Å². The van der Waals surface area contributed by atoms with E-state index in [1.807, 2.05) is 54.6 Å². The molecule has 5 rings (SSSR count). The Bertz CT molecular complexity index is 1330. The highest BCUT2D eigenvalue weighted by Gasteiger charge is 2.39. The first kappa shape index (κ1) is 22.0. The Morgan fingerprint density at radius 1 is 0.882 bits per heavy atom. The van der Waals surface area contributed by atoms with Crippen LogP contribution in [0.5, 0.6) is 5.75 Å². The number of rotatable bonds is 5. The zero-order chi connectivity index (χ0) is 23.3. The molecule has 0 saturated carbocycles. The van der Waals surface area contributed by atoms with Crippen LogP contribution in [-0.2, 0) is 0 Å². The first-order valence-electron chi connectivity index (χ1n) is 12.0. The van der Waals surface area contributed by atoms with Crippen molar-refractivity contribution in [2.75, 3.05) is 0 Å². The molecule has 0 spiro atoms. The molecule has 1 aliphatic heterocycles. The van der Waals surface area contributed by atoms with Crippen LogP contribution in [0, 0.1) is 11.8 Å². The summed E-state index contributed by atoms with van der Waals surface area (Å²) in [5.74, 6) is 7.32. The van der Waals surface area contributed by atoms with Gasteiger partial charge in [-0.15, -0.1) is 6.58 Å². The molecule has 1 heterocycles. The quantitative estimate of drug-likeness (QED) is 0.263. The maximum Gasteiger partial charge on any atom is 0.121 e. The number of nitrogens with zero attached hydrogens (tertiary/aromatic N) is 1. The number of hydrogen-bond acceptors (Lipinski definition) is 2. The lowest BCUT2D eigenvalue weighted by Crippen LogP contribution is -2.39. The van der Waals surface area contributed by atoms with Crippen LogP contribution in [0.1, 0.15) is 42.0 Å². The Kier molecular flexibility index (Phi) is 6.47. The third-order valence-electron chi connectivity index (χ3n) is 6.79. The number of phenolic OH excluding ortho intramolecular Hbond substituents is 1. The van der Waals surface area contributed by atoms with Gasteiger partial charge >= 0.3 is 0 Å². The van der Waals surface area contributed by atoms with E-state index in [1.54, 1.807) is 0 Å². The fourth-order valence-electron chi connectivity index (χ4n) is 5.26. The smallest absolute Gasteiger partial charge is 0.121 e. The van der Waals surface area contributed by atoms with E-state index in [2.05, 4.69) is 71.9 Å². The van der Waals surface area contributed by atoms with Crippen molar-refractivity contribution in [2.45, 2.75) is 37.4 Å².